The third-order valence-corrected chi connectivity index (χ3v) is 3.19. The molecule has 1 unspecified atom stereocenters. The van der Waals surface area contributed by atoms with Crippen molar-refractivity contribution < 1.29 is 23.9 Å². The second kappa shape index (κ2) is 5.86. The highest BCUT2D eigenvalue weighted by molar-refractivity contribution is 5.75. The van der Waals surface area contributed by atoms with Gasteiger partial charge >= 0.3 is 5.97 Å². The van der Waals surface area contributed by atoms with Gasteiger partial charge in [0.2, 0.25) is 0 Å². The van der Waals surface area contributed by atoms with Crippen molar-refractivity contribution in [3.8, 4) is 0 Å². The van der Waals surface area contributed by atoms with Crippen LogP contribution in [0.2, 0.25) is 0 Å². The van der Waals surface area contributed by atoms with E-state index in [0.29, 0.717) is 0 Å². The molecule has 4 heteroatoms. The highest BCUT2D eigenvalue weighted by atomic mass is 16.5. The van der Waals surface area contributed by atoms with Gasteiger partial charge in [0.25, 0.3) is 0 Å². The average molecular weight is 275 g/mol. The number of ether oxygens (including phenoxy) is 1. The van der Waals surface area contributed by atoms with Gasteiger partial charge in [-0.2, -0.15) is 0 Å². The fourth-order valence-corrected chi connectivity index (χ4v) is 2.20. The maximum atomic E-state index is 11.5. The molecule has 0 aliphatic carbocycles. The molecule has 0 saturated heterocycles. The summed E-state index contributed by atoms with van der Waals surface area (Å²) in [7, 11) is -2.91. The summed E-state index contributed by atoms with van der Waals surface area (Å²) in [5.74, 6) is -1.58. The molecule has 2 N–H and O–H groups in total. The van der Waals surface area contributed by atoms with Crippen LogP contribution in [0.4, 0.5) is 0 Å². The fraction of sp³-hybridized carbons (Fsp3) is 0.188. The van der Waals surface area contributed by atoms with E-state index in [2.05, 4.69) is 0 Å². The molecule has 4 nitrogen and oxygen atoms in total. The van der Waals surface area contributed by atoms with Gasteiger partial charge in [0.15, 0.2) is 11.7 Å². The lowest BCUT2D eigenvalue weighted by Crippen LogP contribution is -2.47. The number of carboxylic acid groups (broad SMARTS) is 1. The standard InChI is InChI=1S/C16H16O4/c1-20-16(14(17)15(18)19,12-8-4-2-5-9-12)13-10-6-3-7-11-13/h2-11,14,17H,1H3,(H,18,19)/i1D3. The Morgan fingerprint density at radius 2 is 1.55 bits per heavy atom. The molecular formula is C16H16O4. The van der Waals surface area contributed by atoms with Crippen LogP contribution in [0, 0.1) is 0 Å². The molecule has 0 radical (unpaired) electrons. The number of carbonyl (C=O) groups is 1. The van der Waals surface area contributed by atoms with Crippen LogP contribution in [-0.4, -0.2) is 29.3 Å². The van der Waals surface area contributed by atoms with Crippen molar-refractivity contribution in [3.63, 3.8) is 0 Å². The van der Waals surface area contributed by atoms with Crippen LogP contribution in [0.25, 0.3) is 0 Å². The Bertz CT molecular complexity index is 617. The van der Waals surface area contributed by atoms with Gasteiger partial charge in [0.05, 0.1) is 4.11 Å². The second-order valence-electron chi connectivity index (χ2n) is 4.31. The molecule has 0 saturated carbocycles. The molecule has 0 fully saturated rings. The third-order valence-electron chi connectivity index (χ3n) is 3.19. The zero-order chi connectivity index (χ0) is 17.1. The van der Waals surface area contributed by atoms with Crippen molar-refractivity contribution in [2.45, 2.75) is 11.7 Å². The lowest BCUT2D eigenvalue weighted by molar-refractivity contribution is -0.163. The molecule has 104 valence electrons. The van der Waals surface area contributed by atoms with E-state index >= 15 is 0 Å². The summed E-state index contributed by atoms with van der Waals surface area (Å²) in [5, 5.41) is 19.7. The highest BCUT2D eigenvalue weighted by Crippen LogP contribution is 2.36. The largest absolute Gasteiger partial charge is 0.479 e. The van der Waals surface area contributed by atoms with Gasteiger partial charge in [-0.05, 0) is 11.1 Å². The summed E-state index contributed by atoms with van der Waals surface area (Å²) in [4.78, 5) is 11.5. The number of aliphatic hydroxyl groups is 1. The quantitative estimate of drug-likeness (QED) is 0.876. The minimum atomic E-state index is -2.91. The van der Waals surface area contributed by atoms with Crippen LogP contribution in [0.3, 0.4) is 0 Å². The first-order valence-corrected chi connectivity index (χ1v) is 5.99. The van der Waals surface area contributed by atoms with Crippen LogP contribution in [0.15, 0.2) is 60.7 Å². The lowest BCUT2D eigenvalue weighted by Gasteiger charge is -2.35. The molecule has 2 aromatic carbocycles. The van der Waals surface area contributed by atoms with Gasteiger partial charge in [0.1, 0.15) is 0 Å². The molecule has 0 aromatic heterocycles. The zero-order valence-corrected chi connectivity index (χ0v) is 10.6. The van der Waals surface area contributed by atoms with Crippen LogP contribution in [0.5, 0.6) is 0 Å². The first-order chi connectivity index (χ1) is 10.8. The van der Waals surface area contributed by atoms with E-state index in [0.717, 1.165) is 0 Å². The van der Waals surface area contributed by atoms with E-state index in [1.165, 1.54) is 24.3 Å². The van der Waals surface area contributed by atoms with E-state index in [1.54, 1.807) is 36.4 Å². The lowest BCUT2D eigenvalue weighted by atomic mass is 9.81. The second-order valence-corrected chi connectivity index (χ2v) is 4.31. The van der Waals surface area contributed by atoms with Gasteiger partial charge < -0.3 is 14.9 Å². The molecule has 0 aliphatic heterocycles. The molecule has 0 aliphatic rings. The number of hydrogen-bond donors (Lipinski definition) is 2. The highest BCUT2D eigenvalue weighted by Gasteiger charge is 2.45. The number of aliphatic carboxylic acids is 1. The summed E-state index contributed by atoms with van der Waals surface area (Å²) in [6.07, 6.45) is -2.10. The van der Waals surface area contributed by atoms with Crippen molar-refractivity contribution in [3.05, 3.63) is 71.8 Å². The van der Waals surface area contributed by atoms with Crippen LogP contribution in [0.1, 0.15) is 15.2 Å². The van der Waals surface area contributed by atoms with Crippen molar-refractivity contribution in [1.29, 1.82) is 0 Å². The van der Waals surface area contributed by atoms with E-state index in [9.17, 15) is 15.0 Å². The van der Waals surface area contributed by atoms with Crippen LogP contribution in [-0.2, 0) is 15.1 Å². The number of rotatable bonds is 5. The van der Waals surface area contributed by atoms with Crippen molar-refractivity contribution >= 4 is 5.97 Å². The summed E-state index contributed by atoms with van der Waals surface area (Å²) in [6, 6.07) is 15.9. The minimum Gasteiger partial charge on any atom is -0.479 e. The van der Waals surface area contributed by atoms with Gasteiger partial charge in [0, 0.05) is 7.04 Å². The Morgan fingerprint density at radius 3 is 1.90 bits per heavy atom. The SMILES string of the molecule is [2H]C([2H])([2H])OC(c1ccccc1)(c1ccccc1)C(O)C(=O)O. The normalized spacial score (nSPS) is 15.8. The van der Waals surface area contributed by atoms with Crippen LogP contribution >= 0.6 is 0 Å². The summed E-state index contributed by atoms with van der Waals surface area (Å²) in [6.45, 7) is 0. The van der Waals surface area contributed by atoms with Gasteiger partial charge in [-0.15, -0.1) is 0 Å². The maximum absolute atomic E-state index is 11.5. The predicted molar refractivity (Wildman–Crippen MR) is 74.3 cm³/mol. The molecule has 0 bridgehead atoms. The maximum Gasteiger partial charge on any atom is 0.336 e. The fourth-order valence-electron chi connectivity index (χ4n) is 2.20. The van der Waals surface area contributed by atoms with Crippen LogP contribution < -0.4 is 0 Å². The van der Waals surface area contributed by atoms with Crippen molar-refractivity contribution in [1.82, 2.24) is 0 Å². The van der Waals surface area contributed by atoms with E-state index in [-0.39, 0.29) is 11.1 Å². The number of methoxy groups -OCH3 is 1. The van der Waals surface area contributed by atoms with E-state index in [4.69, 9.17) is 8.85 Å². The monoisotopic (exact) mass is 275 g/mol. The Balaban J connectivity index is 2.76. The van der Waals surface area contributed by atoms with Gasteiger partial charge in [-0.3, -0.25) is 0 Å². The smallest absolute Gasteiger partial charge is 0.336 e. The first-order valence-electron chi connectivity index (χ1n) is 7.49. The first kappa shape index (κ1) is 10.6. The summed E-state index contributed by atoms with van der Waals surface area (Å²) in [5.41, 5.74) is -1.59. The Morgan fingerprint density at radius 1 is 1.10 bits per heavy atom. The Hall–Kier alpha value is -2.17. The van der Waals surface area contributed by atoms with Gasteiger partial charge in [-0.1, -0.05) is 60.7 Å². The number of hydrogen-bond acceptors (Lipinski definition) is 3. The molecule has 0 amide bonds. The summed E-state index contributed by atoms with van der Waals surface area (Å²) >= 11 is 0. The van der Waals surface area contributed by atoms with Crippen molar-refractivity contribution in [2.24, 2.45) is 0 Å². The minimum absolute atomic E-state index is 0.234. The predicted octanol–water partition coefficient (Wildman–Crippen LogP) is 2.02. The zero-order valence-electron chi connectivity index (χ0n) is 13.6. The molecule has 20 heavy (non-hydrogen) atoms. The molecule has 0 spiro atoms. The number of carboxylic acids is 1. The number of aliphatic hydroxyl groups excluding tert-OH is 1. The molecule has 1 atom stereocenters. The van der Waals surface area contributed by atoms with E-state index < -0.39 is 24.7 Å². The topological polar surface area (TPSA) is 66.8 Å². The third kappa shape index (κ3) is 2.31. The van der Waals surface area contributed by atoms with Gasteiger partial charge in [-0.25, -0.2) is 4.79 Å². The number of benzene rings is 2. The van der Waals surface area contributed by atoms with E-state index in [1.807, 2.05) is 0 Å². The molecular weight excluding hydrogens is 256 g/mol. The Kier molecular flexibility index (Phi) is 3.10. The molecule has 2 aromatic rings. The van der Waals surface area contributed by atoms with Crippen molar-refractivity contribution in [2.75, 3.05) is 7.04 Å². The Labute approximate surface area is 121 Å². The summed E-state index contributed by atoms with van der Waals surface area (Å²) < 4.78 is 27.5. The molecule has 2 rings (SSSR count). The average Bonchev–Trinajstić information content (AvgIpc) is 2.52. The molecule has 0 heterocycles.